The number of aliphatic imine (C=N–C) groups is 1. The molecule has 2 aliphatic rings. The highest BCUT2D eigenvalue weighted by Gasteiger charge is 2.29. The van der Waals surface area contributed by atoms with E-state index in [-0.39, 0.29) is 29.6 Å². The molecule has 2 heterocycles. The lowest BCUT2D eigenvalue weighted by Gasteiger charge is -2.30. The summed E-state index contributed by atoms with van der Waals surface area (Å²) >= 11 is 0. The minimum absolute atomic E-state index is 0. The summed E-state index contributed by atoms with van der Waals surface area (Å²) in [6.07, 6.45) is 6.16. The first-order valence-corrected chi connectivity index (χ1v) is 9.50. The molecular formula is C18H37IN4O. The number of guanidine groups is 1. The fourth-order valence-electron chi connectivity index (χ4n) is 3.34. The highest BCUT2D eigenvalue weighted by atomic mass is 127. The van der Waals surface area contributed by atoms with Gasteiger partial charge in [-0.3, -0.25) is 4.99 Å². The maximum Gasteiger partial charge on any atom is 0.191 e. The van der Waals surface area contributed by atoms with Crippen molar-refractivity contribution in [3.8, 4) is 0 Å². The predicted octanol–water partition coefficient (Wildman–Crippen LogP) is 2.85. The number of nitrogens with zero attached hydrogens (tertiary/aromatic N) is 2. The van der Waals surface area contributed by atoms with Crippen LogP contribution in [0, 0.1) is 5.92 Å². The Bertz CT molecular complexity index is 364. The molecule has 0 aromatic rings. The summed E-state index contributed by atoms with van der Waals surface area (Å²) in [5.74, 6) is 1.84. The number of halogens is 1. The van der Waals surface area contributed by atoms with Gasteiger partial charge in [0.15, 0.2) is 5.96 Å². The summed E-state index contributed by atoms with van der Waals surface area (Å²) < 4.78 is 5.81. The molecule has 0 amide bonds. The average Bonchev–Trinajstić information content (AvgIpc) is 2.98. The Morgan fingerprint density at radius 3 is 2.67 bits per heavy atom. The van der Waals surface area contributed by atoms with Crippen LogP contribution in [0.3, 0.4) is 0 Å². The van der Waals surface area contributed by atoms with E-state index in [1.165, 1.54) is 38.9 Å². The van der Waals surface area contributed by atoms with Gasteiger partial charge in [-0.15, -0.1) is 24.0 Å². The molecule has 2 N–H and O–H groups in total. The van der Waals surface area contributed by atoms with Gasteiger partial charge in [-0.1, -0.05) is 6.92 Å². The van der Waals surface area contributed by atoms with Gasteiger partial charge in [-0.05, 0) is 71.5 Å². The van der Waals surface area contributed by atoms with Crippen molar-refractivity contribution in [3.63, 3.8) is 0 Å². The topological polar surface area (TPSA) is 48.9 Å². The first kappa shape index (κ1) is 22.0. The van der Waals surface area contributed by atoms with Gasteiger partial charge in [-0.2, -0.15) is 0 Å². The molecule has 0 radical (unpaired) electrons. The maximum absolute atomic E-state index is 5.81. The molecule has 1 atom stereocenters. The second kappa shape index (κ2) is 11.5. The van der Waals surface area contributed by atoms with Gasteiger partial charge in [0.25, 0.3) is 0 Å². The lowest BCUT2D eigenvalue weighted by Crippen LogP contribution is -2.41. The quantitative estimate of drug-likeness (QED) is 0.270. The zero-order valence-corrected chi connectivity index (χ0v) is 18.1. The second-order valence-electron chi connectivity index (χ2n) is 7.40. The van der Waals surface area contributed by atoms with E-state index in [4.69, 9.17) is 9.73 Å². The van der Waals surface area contributed by atoms with Crippen LogP contribution in [0.4, 0.5) is 0 Å². The van der Waals surface area contributed by atoms with Crippen LogP contribution in [0.2, 0.25) is 0 Å². The molecule has 0 bridgehead atoms. The normalized spacial score (nSPS) is 26.2. The number of hydrogen-bond donors (Lipinski definition) is 2. The Morgan fingerprint density at radius 1 is 1.29 bits per heavy atom. The largest absolute Gasteiger partial charge is 0.373 e. The van der Waals surface area contributed by atoms with Crippen LogP contribution in [0.15, 0.2) is 4.99 Å². The smallest absolute Gasteiger partial charge is 0.191 e. The predicted molar refractivity (Wildman–Crippen MR) is 112 cm³/mol. The van der Waals surface area contributed by atoms with Crippen molar-refractivity contribution in [3.05, 3.63) is 0 Å². The van der Waals surface area contributed by atoms with Crippen molar-refractivity contribution in [1.29, 1.82) is 0 Å². The van der Waals surface area contributed by atoms with Crippen LogP contribution < -0.4 is 10.6 Å². The van der Waals surface area contributed by atoms with Gasteiger partial charge < -0.3 is 20.3 Å². The van der Waals surface area contributed by atoms with Gasteiger partial charge in [0, 0.05) is 19.7 Å². The Morgan fingerprint density at radius 2 is 2.04 bits per heavy atom. The molecule has 24 heavy (non-hydrogen) atoms. The zero-order valence-electron chi connectivity index (χ0n) is 15.8. The third-order valence-electron chi connectivity index (χ3n) is 5.04. The van der Waals surface area contributed by atoms with Crippen molar-refractivity contribution in [1.82, 2.24) is 15.5 Å². The number of piperidine rings is 1. The van der Waals surface area contributed by atoms with Crippen molar-refractivity contribution >= 4 is 29.9 Å². The summed E-state index contributed by atoms with van der Waals surface area (Å²) in [6.45, 7) is 13.9. The number of ether oxygens (including phenoxy) is 1. The Balaban J connectivity index is 0.00000288. The first-order valence-electron chi connectivity index (χ1n) is 9.50. The van der Waals surface area contributed by atoms with E-state index in [0.29, 0.717) is 0 Å². The molecule has 2 aliphatic heterocycles. The molecule has 0 aromatic heterocycles. The summed E-state index contributed by atoms with van der Waals surface area (Å²) in [6, 6.07) is 0. The standard InChI is InChI=1S/C18H36N4O.HI/c1-4-19-17(21-15-18(3)9-5-14-23-18)20-10-6-11-22-12-7-16(2)8-13-22;/h16H,4-15H2,1-3H3,(H2,19,20,21);1H. The molecule has 1 unspecified atom stereocenters. The van der Waals surface area contributed by atoms with E-state index >= 15 is 0 Å². The summed E-state index contributed by atoms with van der Waals surface area (Å²) in [4.78, 5) is 7.31. The van der Waals surface area contributed by atoms with E-state index < -0.39 is 0 Å². The highest BCUT2D eigenvalue weighted by Crippen LogP contribution is 2.24. The molecule has 0 spiro atoms. The average molecular weight is 452 g/mol. The molecule has 0 saturated carbocycles. The van der Waals surface area contributed by atoms with Crippen molar-refractivity contribution in [2.45, 2.75) is 58.5 Å². The Hall–Kier alpha value is -0.0800. The minimum Gasteiger partial charge on any atom is -0.373 e. The Kier molecular flexibility index (Phi) is 10.5. The molecule has 0 aliphatic carbocycles. The number of likely N-dealkylation sites (tertiary alicyclic amines) is 1. The Labute approximate surface area is 165 Å². The van der Waals surface area contributed by atoms with Crippen LogP contribution in [0.25, 0.3) is 0 Å². The van der Waals surface area contributed by atoms with Gasteiger partial charge in [0.05, 0.1) is 12.1 Å². The lowest BCUT2D eigenvalue weighted by molar-refractivity contribution is 0.0283. The number of rotatable bonds is 7. The fourth-order valence-corrected chi connectivity index (χ4v) is 3.34. The molecule has 2 fully saturated rings. The van der Waals surface area contributed by atoms with Crippen LogP contribution in [0.5, 0.6) is 0 Å². The molecule has 5 nitrogen and oxygen atoms in total. The van der Waals surface area contributed by atoms with Crippen LogP contribution in [0.1, 0.15) is 52.9 Å². The minimum atomic E-state index is -0.0627. The van der Waals surface area contributed by atoms with E-state index in [9.17, 15) is 0 Å². The van der Waals surface area contributed by atoms with E-state index in [1.807, 2.05) is 0 Å². The number of nitrogens with one attached hydrogen (secondary N) is 2. The van der Waals surface area contributed by atoms with Gasteiger partial charge >= 0.3 is 0 Å². The van der Waals surface area contributed by atoms with Gasteiger partial charge in [-0.25, -0.2) is 0 Å². The van der Waals surface area contributed by atoms with Crippen molar-refractivity contribution in [2.24, 2.45) is 10.9 Å². The van der Waals surface area contributed by atoms with Crippen molar-refractivity contribution in [2.75, 3.05) is 45.9 Å². The first-order chi connectivity index (χ1) is 11.1. The summed E-state index contributed by atoms with van der Waals surface area (Å²) in [5, 5.41) is 6.80. The van der Waals surface area contributed by atoms with Crippen LogP contribution >= 0.6 is 24.0 Å². The maximum atomic E-state index is 5.81. The van der Waals surface area contributed by atoms with Gasteiger partial charge in [0.2, 0.25) is 0 Å². The molecule has 2 saturated heterocycles. The molecule has 0 aromatic carbocycles. The van der Waals surface area contributed by atoms with Gasteiger partial charge in [0.1, 0.15) is 0 Å². The molecule has 2 rings (SSSR count). The van der Waals surface area contributed by atoms with Crippen LogP contribution in [-0.2, 0) is 4.74 Å². The summed E-state index contributed by atoms with van der Waals surface area (Å²) in [7, 11) is 0. The van der Waals surface area contributed by atoms with E-state index in [0.717, 1.165) is 51.0 Å². The zero-order chi connectivity index (χ0) is 16.5. The monoisotopic (exact) mass is 452 g/mol. The molecule has 6 heteroatoms. The van der Waals surface area contributed by atoms with E-state index in [1.54, 1.807) is 0 Å². The lowest BCUT2D eigenvalue weighted by atomic mass is 9.99. The second-order valence-corrected chi connectivity index (χ2v) is 7.40. The molecule has 142 valence electrons. The number of hydrogen-bond acceptors (Lipinski definition) is 3. The highest BCUT2D eigenvalue weighted by molar-refractivity contribution is 14.0. The third kappa shape index (κ3) is 7.87. The molecular weight excluding hydrogens is 415 g/mol. The fraction of sp³-hybridized carbons (Fsp3) is 0.944. The van der Waals surface area contributed by atoms with Crippen molar-refractivity contribution < 1.29 is 4.74 Å². The SMILES string of the molecule is CCNC(=NCC1(C)CCCO1)NCCCN1CCC(C)CC1.I. The van der Waals surface area contributed by atoms with Crippen LogP contribution in [-0.4, -0.2) is 62.3 Å². The third-order valence-corrected chi connectivity index (χ3v) is 5.04. The van der Waals surface area contributed by atoms with E-state index in [2.05, 4.69) is 36.3 Å². The summed E-state index contributed by atoms with van der Waals surface area (Å²) in [5.41, 5.74) is -0.0627.